The molecule has 0 aliphatic heterocycles. The first-order valence-corrected chi connectivity index (χ1v) is 6.26. The normalized spacial score (nSPS) is 10.3. The second-order valence-corrected chi connectivity index (χ2v) is 4.37. The molecule has 21 heavy (non-hydrogen) atoms. The Kier molecular flexibility index (Phi) is 3.34. The maximum absolute atomic E-state index is 12.2. The monoisotopic (exact) mass is 280 g/mol. The maximum atomic E-state index is 12.2. The average Bonchev–Trinajstić information content (AvgIpc) is 3.02. The van der Waals surface area contributed by atoms with Gasteiger partial charge in [0.05, 0.1) is 5.56 Å². The molecule has 0 fully saturated rings. The van der Waals surface area contributed by atoms with Crippen molar-refractivity contribution in [1.82, 2.24) is 10.2 Å². The number of amides is 1. The summed E-state index contributed by atoms with van der Waals surface area (Å²) in [5.41, 5.74) is 8.00. The zero-order chi connectivity index (χ0) is 14.7. The zero-order valence-corrected chi connectivity index (χ0v) is 11.0. The Bertz CT molecular complexity index is 769. The molecule has 1 amide bonds. The molecule has 0 spiro atoms. The molecule has 6 heteroatoms. The Labute approximate surface area is 120 Å². The van der Waals surface area contributed by atoms with E-state index < -0.39 is 0 Å². The molecule has 6 nitrogen and oxygen atoms in total. The van der Waals surface area contributed by atoms with E-state index in [1.165, 1.54) is 6.39 Å². The van der Waals surface area contributed by atoms with Gasteiger partial charge in [0.25, 0.3) is 5.91 Å². The van der Waals surface area contributed by atoms with E-state index in [1.807, 2.05) is 6.07 Å². The van der Waals surface area contributed by atoms with Crippen LogP contribution in [-0.2, 0) is 0 Å². The SMILES string of the molecule is Nc1ccccc1C(=O)Nc1cccc(-c2nnco2)c1. The van der Waals surface area contributed by atoms with Gasteiger partial charge >= 0.3 is 0 Å². The van der Waals surface area contributed by atoms with Crippen LogP contribution in [0.3, 0.4) is 0 Å². The van der Waals surface area contributed by atoms with Gasteiger partial charge in [-0.1, -0.05) is 18.2 Å². The summed E-state index contributed by atoms with van der Waals surface area (Å²) in [6.45, 7) is 0. The number of aromatic nitrogens is 2. The third-order valence-corrected chi connectivity index (χ3v) is 2.93. The van der Waals surface area contributed by atoms with Gasteiger partial charge in [-0.05, 0) is 30.3 Å². The van der Waals surface area contributed by atoms with Gasteiger partial charge in [0, 0.05) is 16.9 Å². The van der Waals surface area contributed by atoms with E-state index in [0.717, 1.165) is 5.56 Å². The number of anilines is 2. The molecule has 0 saturated heterocycles. The van der Waals surface area contributed by atoms with Crippen LogP contribution in [0, 0.1) is 0 Å². The third kappa shape index (κ3) is 2.74. The highest BCUT2D eigenvalue weighted by molar-refractivity contribution is 6.07. The van der Waals surface area contributed by atoms with Crippen molar-refractivity contribution < 1.29 is 9.21 Å². The van der Waals surface area contributed by atoms with Crippen LogP contribution in [0.2, 0.25) is 0 Å². The van der Waals surface area contributed by atoms with Crippen molar-refractivity contribution in [1.29, 1.82) is 0 Å². The summed E-state index contributed by atoms with van der Waals surface area (Å²) in [5, 5.41) is 10.3. The number of nitrogens with two attached hydrogens (primary N) is 1. The molecule has 0 aliphatic rings. The van der Waals surface area contributed by atoms with Crippen molar-refractivity contribution in [2.45, 2.75) is 0 Å². The molecular formula is C15H12N4O2. The van der Waals surface area contributed by atoms with Gasteiger partial charge in [0.15, 0.2) is 0 Å². The van der Waals surface area contributed by atoms with Gasteiger partial charge in [0.1, 0.15) is 0 Å². The molecule has 1 heterocycles. The Hall–Kier alpha value is -3.15. The van der Waals surface area contributed by atoms with Crippen LogP contribution in [0.15, 0.2) is 59.3 Å². The van der Waals surface area contributed by atoms with Crippen LogP contribution in [0.4, 0.5) is 11.4 Å². The zero-order valence-electron chi connectivity index (χ0n) is 11.0. The molecule has 0 unspecified atom stereocenters. The van der Waals surface area contributed by atoms with E-state index >= 15 is 0 Å². The Morgan fingerprint density at radius 2 is 2.00 bits per heavy atom. The second-order valence-electron chi connectivity index (χ2n) is 4.37. The fourth-order valence-corrected chi connectivity index (χ4v) is 1.93. The van der Waals surface area contributed by atoms with Gasteiger partial charge in [0.2, 0.25) is 12.3 Å². The van der Waals surface area contributed by atoms with Crippen LogP contribution in [0.1, 0.15) is 10.4 Å². The Balaban J connectivity index is 1.84. The number of hydrogen-bond acceptors (Lipinski definition) is 5. The van der Waals surface area contributed by atoms with Gasteiger partial charge in [-0.3, -0.25) is 4.79 Å². The van der Waals surface area contributed by atoms with E-state index in [4.69, 9.17) is 10.2 Å². The molecule has 0 radical (unpaired) electrons. The van der Waals surface area contributed by atoms with Crippen LogP contribution in [-0.4, -0.2) is 16.1 Å². The molecule has 1 aromatic heterocycles. The number of rotatable bonds is 3. The number of carbonyl (C=O) groups is 1. The van der Waals surface area contributed by atoms with Gasteiger partial charge in [-0.15, -0.1) is 10.2 Å². The number of para-hydroxylation sites is 1. The van der Waals surface area contributed by atoms with E-state index in [2.05, 4.69) is 15.5 Å². The minimum Gasteiger partial charge on any atom is -0.423 e. The number of benzene rings is 2. The highest BCUT2D eigenvalue weighted by Gasteiger charge is 2.10. The fourth-order valence-electron chi connectivity index (χ4n) is 1.93. The van der Waals surface area contributed by atoms with E-state index in [-0.39, 0.29) is 5.91 Å². The lowest BCUT2D eigenvalue weighted by atomic mass is 10.1. The van der Waals surface area contributed by atoms with Crippen molar-refractivity contribution in [3.63, 3.8) is 0 Å². The number of hydrogen-bond donors (Lipinski definition) is 2. The molecule has 0 atom stereocenters. The summed E-state index contributed by atoms with van der Waals surface area (Å²) in [6, 6.07) is 14.0. The summed E-state index contributed by atoms with van der Waals surface area (Å²) in [5.74, 6) is 0.126. The Morgan fingerprint density at radius 1 is 1.14 bits per heavy atom. The lowest BCUT2D eigenvalue weighted by Crippen LogP contribution is -2.13. The minimum atomic E-state index is -0.268. The van der Waals surface area contributed by atoms with Crippen molar-refractivity contribution >= 4 is 17.3 Å². The van der Waals surface area contributed by atoms with Crippen LogP contribution >= 0.6 is 0 Å². The van der Waals surface area contributed by atoms with Crippen molar-refractivity contribution in [2.75, 3.05) is 11.1 Å². The number of nitrogen functional groups attached to an aromatic ring is 1. The van der Waals surface area contributed by atoms with Crippen LogP contribution < -0.4 is 11.1 Å². The van der Waals surface area contributed by atoms with Gasteiger partial charge < -0.3 is 15.5 Å². The summed E-state index contributed by atoms with van der Waals surface area (Å²) >= 11 is 0. The molecule has 104 valence electrons. The van der Waals surface area contributed by atoms with E-state index in [0.29, 0.717) is 22.8 Å². The molecule has 0 saturated carbocycles. The molecule has 3 aromatic rings. The number of carbonyl (C=O) groups excluding carboxylic acids is 1. The molecule has 3 N–H and O–H groups in total. The molecule has 3 rings (SSSR count). The van der Waals surface area contributed by atoms with Crippen LogP contribution in [0.5, 0.6) is 0 Å². The molecular weight excluding hydrogens is 268 g/mol. The smallest absolute Gasteiger partial charge is 0.257 e. The van der Waals surface area contributed by atoms with Gasteiger partial charge in [-0.2, -0.15) is 0 Å². The lowest BCUT2D eigenvalue weighted by molar-refractivity contribution is 0.102. The Morgan fingerprint density at radius 3 is 2.76 bits per heavy atom. The standard InChI is InChI=1S/C15H12N4O2/c16-13-7-2-1-6-12(13)14(20)18-11-5-3-4-10(8-11)15-19-17-9-21-15/h1-9H,16H2,(H,18,20). The molecule has 2 aromatic carbocycles. The van der Waals surface area contributed by atoms with Crippen molar-refractivity contribution in [3.8, 4) is 11.5 Å². The second kappa shape index (κ2) is 5.46. The molecule has 0 aliphatic carbocycles. The quantitative estimate of drug-likeness (QED) is 0.719. The molecule has 0 bridgehead atoms. The topological polar surface area (TPSA) is 94.0 Å². The predicted molar refractivity (Wildman–Crippen MR) is 78.5 cm³/mol. The largest absolute Gasteiger partial charge is 0.423 e. The lowest BCUT2D eigenvalue weighted by Gasteiger charge is -2.08. The average molecular weight is 280 g/mol. The number of nitrogens with zero attached hydrogens (tertiary/aromatic N) is 2. The van der Waals surface area contributed by atoms with Crippen molar-refractivity contribution in [3.05, 3.63) is 60.5 Å². The predicted octanol–water partition coefficient (Wildman–Crippen LogP) is 2.57. The summed E-state index contributed by atoms with van der Waals surface area (Å²) < 4.78 is 5.13. The maximum Gasteiger partial charge on any atom is 0.257 e. The summed E-state index contributed by atoms with van der Waals surface area (Å²) in [4.78, 5) is 12.2. The van der Waals surface area contributed by atoms with Crippen molar-refractivity contribution in [2.24, 2.45) is 0 Å². The third-order valence-electron chi connectivity index (χ3n) is 2.93. The van der Waals surface area contributed by atoms with E-state index in [1.54, 1.807) is 42.5 Å². The number of nitrogens with one attached hydrogen (secondary N) is 1. The van der Waals surface area contributed by atoms with Gasteiger partial charge in [-0.25, -0.2) is 0 Å². The first-order chi connectivity index (χ1) is 10.2. The first kappa shape index (κ1) is 12.9. The van der Waals surface area contributed by atoms with E-state index in [9.17, 15) is 4.79 Å². The highest BCUT2D eigenvalue weighted by Crippen LogP contribution is 2.21. The summed E-state index contributed by atoms with van der Waals surface area (Å²) in [6.07, 6.45) is 1.26. The minimum absolute atomic E-state index is 0.268. The first-order valence-electron chi connectivity index (χ1n) is 6.26. The fraction of sp³-hybridized carbons (Fsp3) is 0. The summed E-state index contributed by atoms with van der Waals surface area (Å²) in [7, 11) is 0. The highest BCUT2D eigenvalue weighted by atomic mass is 16.4. The van der Waals surface area contributed by atoms with Crippen LogP contribution in [0.25, 0.3) is 11.5 Å².